The van der Waals surface area contributed by atoms with Crippen molar-refractivity contribution in [2.45, 2.75) is 57.9 Å². The molecule has 1 aliphatic rings. The zero-order chi connectivity index (χ0) is 17.0. The van der Waals surface area contributed by atoms with Crippen LogP contribution < -0.4 is 5.32 Å². The monoisotopic (exact) mass is 333 g/mol. The molecule has 1 aromatic heterocycles. The zero-order valence-corrected chi connectivity index (χ0v) is 14.9. The second-order valence-electron chi connectivity index (χ2n) is 6.39. The zero-order valence-electron chi connectivity index (χ0n) is 14.9. The van der Waals surface area contributed by atoms with Crippen LogP contribution in [0.3, 0.4) is 0 Å². The van der Waals surface area contributed by atoms with Crippen molar-refractivity contribution in [3.8, 4) is 0 Å². The van der Waals surface area contributed by atoms with Gasteiger partial charge in [0.15, 0.2) is 0 Å². The van der Waals surface area contributed by atoms with Crippen LogP contribution in [0.15, 0.2) is 24.5 Å². The molecule has 1 fully saturated rings. The molecule has 5 heteroatoms. The summed E-state index contributed by atoms with van der Waals surface area (Å²) in [5.74, 6) is 0. The van der Waals surface area contributed by atoms with E-state index in [1.54, 1.807) is 0 Å². The number of carbonyl (C=O) groups is 1. The van der Waals surface area contributed by atoms with Gasteiger partial charge >= 0.3 is 6.03 Å². The van der Waals surface area contributed by atoms with Gasteiger partial charge in [0.2, 0.25) is 0 Å². The van der Waals surface area contributed by atoms with E-state index in [-0.39, 0.29) is 12.1 Å². The van der Waals surface area contributed by atoms with Crippen LogP contribution in [-0.2, 0) is 4.74 Å². The lowest BCUT2D eigenvalue weighted by atomic mass is 10.0. The lowest BCUT2D eigenvalue weighted by molar-refractivity contribution is 0.127. The third-order valence-electron chi connectivity index (χ3n) is 4.49. The van der Waals surface area contributed by atoms with Gasteiger partial charge in [-0.15, -0.1) is 0 Å². The van der Waals surface area contributed by atoms with E-state index in [4.69, 9.17) is 4.74 Å². The Hall–Kier alpha value is -1.62. The Morgan fingerprint density at radius 1 is 1.25 bits per heavy atom. The number of hydrogen-bond acceptors (Lipinski definition) is 3. The van der Waals surface area contributed by atoms with Crippen LogP contribution in [-0.4, -0.2) is 42.2 Å². The van der Waals surface area contributed by atoms with Crippen LogP contribution in [0.25, 0.3) is 0 Å². The number of aromatic nitrogens is 1. The van der Waals surface area contributed by atoms with E-state index in [0.29, 0.717) is 13.2 Å². The summed E-state index contributed by atoms with van der Waals surface area (Å²) in [4.78, 5) is 18.7. The van der Waals surface area contributed by atoms with Crippen LogP contribution in [0, 0.1) is 0 Å². The maximum atomic E-state index is 12.6. The molecule has 0 radical (unpaired) electrons. The molecule has 5 nitrogen and oxygen atoms in total. The summed E-state index contributed by atoms with van der Waals surface area (Å²) in [7, 11) is 0. The van der Waals surface area contributed by atoms with E-state index >= 15 is 0 Å². The van der Waals surface area contributed by atoms with E-state index in [0.717, 1.165) is 45.3 Å². The molecule has 1 atom stereocenters. The molecule has 24 heavy (non-hydrogen) atoms. The highest BCUT2D eigenvalue weighted by Gasteiger charge is 2.26. The number of likely N-dealkylation sites (tertiary alicyclic amines) is 1. The Kier molecular flexibility index (Phi) is 8.60. The van der Waals surface area contributed by atoms with Crippen LogP contribution >= 0.6 is 0 Å². The largest absolute Gasteiger partial charge is 0.381 e. The Morgan fingerprint density at radius 2 is 2.04 bits per heavy atom. The lowest BCUT2D eigenvalue weighted by Crippen LogP contribution is -2.42. The summed E-state index contributed by atoms with van der Waals surface area (Å²) in [5, 5.41) is 3.06. The highest BCUT2D eigenvalue weighted by Crippen LogP contribution is 2.29. The first-order valence-corrected chi connectivity index (χ1v) is 9.35. The van der Waals surface area contributed by atoms with Crippen molar-refractivity contribution < 1.29 is 9.53 Å². The van der Waals surface area contributed by atoms with Gasteiger partial charge in [-0.2, -0.15) is 0 Å². The first-order valence-electron chi connectivity index (χ1n) is 9.35. The maximum absolute atomic E-state index is 12.6. The van der Waals surface area contributed by atoms with Crippen molar-refractivity contribution in [3.63, 3.8) is 0 Å². The first kappa shape index (κ1) is 18.7. The smallest absolute Gasteiger partial charge is 0.317 e. The van der Waals surface area contributed by atoms with E-state index in [2.05, 4.69) is 17.2 Å². The summed E-state index contributed by atoms with van der Waals surface area (Å²) >= 11 is 0. The van der Waals surface area contributed by atoms with Crippen molar-refractivity contribution in [2.24, 2.45) is 0 Å². The van der Waals surface area contributed by atoms with Crippen molar-refractivity contribution in [1.29, 1.82) is 0 Å². The van der Waals surface area contributed by atoms with Gasteiger partial charge in [-0.3, -0.25) is 4.98 Å². The van der Waals surface area contributed by atoms with Gasteiger partial charge in [-0.05, 0) is 43.4 Å². The summed E-state index contributed by atoms with van der Waals surface area (Å²) in [6.45, 7) is 5.19. The fraction of sp³-hybridized carbons (Fsp3) is 0.684. The predicted octanol–water partition coefficient (Wildman–Crippen LogP) is 3.92. The third kappa shape index (κ3) is 6.11. The molecule has 0 spiro atoms. The molecule has 134 valence electrons. The van der Waals surface area contributed by atoms with Gasteiger partial charge in [-0.1, -0.05) is 26.2 Å². The number of carbonyl (C=O) groups excluding carboxylic acids is 1. The molecular weight excluding hydrogens is 302 g/mol. The SMILES string of the molecule is CCCCOCCCNC(=O)N1CCCCCC1c1ccncc1. The second kappa shape index (κ2) is 11.0. The van der Waals surface area contributed by atoms with Crippen LogP contribution in [0.2, 0.25) is 0 Å². The number of amides is 2. The predicted molar refractivity (Wildman–Crippen MR) is 95.9 cm³/mol. The molecule has 2 heterocycles. The molecular formula is C19H31N3O2. The average molecular weight is 333 g/mol. The normalized spacial score (nSPS) is 18.2. The third-order valence-corrected chi connectivity index (χ3v) is 4.49. The summed E-state index contributed by atoms with van der Waals surface area (Å²) in [5.41, 5.74) is 1.19. The molecule has 2 rings (SSSR count). The lowest BCUT2D eigenvalue weighted by Gasteiger charge is -2.30. The number of nitrogens with zero attached hydrogens (tertiary/aromatic N) is 2. The molecule has 0 bridgehead atoms. The fourth-order valence-corrected chi connectivity index (χ4v) is 3.10. The number of urea groups is 1. The number of unbranched alkanes of at least 4 members (excludes halogenated alkanes) is 1. The molecule has 1 unspecified atom stereocenters. The quantitative estimate of drug-likeness (QED) is 0.734. The highest BCUT2D eigenvalue weighted by molar-refractivity contribution is 5.74. The van der Waals surface area contributed by atoms with E-state index in [1.165, 1.54) is 18.4 Å². The van der Waals surface area contributed by atoms with Gasteiger partial charge in [-0.25, -0.2) is 4.79 Å². The number of nitrogens with one attached hydrogen (secondary N) is 1. The van der Waals surface area contributed by atoms with Gasteiger partial charge < -0.3 is 15.0 Å². The Balaban J connectivity index is 1.81. The number of rotatable bonds is 8. The van der Waals surface area contributed by atoms with Gasteiger partial charge in [0.1, 0.15) is 0 Å². The average Bonchev–Trinajstić information content (AvgIpc) is 2.87. The Morgan fingerprint density at radius 3 is 2.83 bits per heavy atom. The van der Waals surface area contributed by atoms with Crippen LogP contribution in [0.1, 0.15) is 63.5 Å². The summed E-state index contributed by atoms with van der Waals surface area (Å²) in [6.07, 6.45) is 11.2. The molecule has 1 aromatic rings. The van der Waals surface area contributed by atoms with E-state index in [9.17, 15) is 4.79 Å². The fourth-order valence-electron chi connectivity index (χ4n) is 3.10. The second-order valence-corrected chi connectivity index (χ2v) is 6.39. The van der Waals surface area contributed by atoms with Gasteiger partial charge in [0.05, 0.1) is 6.04 Å². The first-order chi connectivity index (χ1) is 11.8. The van der Waals surface area contributed by atoms with Crippen molar-refractivity contribution in [1.82, 2.24) is 15.2 Å². The van der Waals surface area contributed by atoms with Crippen molar-refractivity contribution in [2.75, 3.05) is 26.3 Å². The Labute approximate surface area is 145 Å². The topological polar surface area (TPSA) is 54.5 Å². The van der Waals surface area contributed by atoms with Gasteiger partial charge in [0.25, 0.3) is 0 Å². The minimum absolute atomic E-state index is 0.0484. The summed E-state index contributed by atoms with van der Waals surface area (Å²) in [6, 6.07) is 4.26. The number of ether oxygens (including phenoxy) is 1. The molecule has 2 amide bonds. The Bertz CT molecular complexity index is 467. The van der Waals surface area contributed by atoms with Gasteiger partial charge in [0, 0.05) is 38.7 Å². The van der Waals surface area contributed by atoms with Crippen molar-refractivity contribution in [3.05, 3.63) is 30.1 Å². The van der Waals surface area contributed by atoms with Crippen LogP contribution in [0.4, 0.5) is 4.79 Å². The molecule has 1 N–H and O–H groups in total. The van der Waals surface area contributed by atoms with Crippen molar-refractivity contribution >= 4 is 6.03 Å². The standard InChI is InChI=1S/C19H31N3O2/c1-2-3-15-24-16-7-11-21-19(23)22-14-6-4-5-8-18(22)17-9-12-20-13-10-17/h9-10,12-13,18H,2-8,11,14-16H2,1H3,(H,21,23). The summed E-state index contributed by atoms with van der Waals surface area (Å²) < 4.78 is 5.54. The molecule has 1 saturated heterocycles. The molecule has 0 saturated carbocycles. The molecule has 0 aromatic carbocycles. The minimum atomic E-state index is 0.0484. The van der Waals surface area contributed by atoms with Crippen LogP contribution in [0.5, 0.6) is 0 Å². The molecule has 1 aliphatic heterocycles. The van der Waals surface area contributed by atoms with E-state index < -0.39 is 0 Å². The number of pyridine rings is 1. The highest BCUT2D eigenvalue weighted by atomic mass is 16.5. The maximum Gasteiger partial charge on any atom is 0.317 e. The van der Waals surface area contributed by atoms with E-state index in [1.807, 2.05) is 29.4 Å². The molecule has 0 aliphatic carbocycles. The minimum Gasteiger partial charge on any atom is -0.381 e. The number of hydrogen-bond donors (Lipinski definition) is 1.